The Labute approximate surface area is 221 Å². The van der Waals surface area contributed by atoms with E-state index in [2.05, 4.69) is 0 Å². The summed E-state index contributed by atoms with van der Waals surface area (Å²) in [4.78, 5) is 35.8. The summed E-state index contributed by atoms with van der Waals surface area (Å²) in [5, 5.41) is 10.9. The summed E-state index contributed by atoms with van der Waals surface area (Å²) in [6, 6.07) is 8.96. The fourth-order valence-electron chi connectivity index (χ4n) is 3.53. The lowest BCUT2D eigenvalue weighted by Crippen LogP contribution is -2.16. The van der Waals surface area contributed by atoms with E-state index >= 15 is 0 Å². The van der Waals surface area contributed by atoms with Crippen molar-refractivity contribution < 1.29 is 36.8 Å². The molecule has 196 valence electrons. The number of rotatable bonds is 5. The largest absolute Gasteiger partial charge is 0.453 e. The van der Waals surface area contributed by atoms with Gasteiger partial charge >= 0.3 is 12.1 Å². The molecule has 3 aromatic carbocycles. The molecule has 38 heavy (non-hydrogen) atoms. The monoisotopic (exact) mass is 567 g/mol. The van der Waals surface area contributed by atoms with Gasteiger partial charge in [-0.3, -0.25) is 14.9 Å². The maximum Gasteiger partial charge on any atom is 0.453 e. The number of esters is 1. The van der Waals surface area contributed by atoms with E-state index in [0.29, 0.717) is 16.1 Å². The molecule has 0 aliphatic heterocycles. The van der Waals surface area contributed by atoms with Crippen molar-refractivity contribution in [1.82, 2.24) is 0 Å². The first-order valence-corrected chi connectivity index (χ1v) is 11.3. The topological polar surface area (TPSA) is 109 Å². The lowest BCUT2D eigenvalue weighted by atomic mass is 10.1. The lowest BCUT2D eigenvalue weighted by Gasteiger charge is -2.15. The van der Waals surface area contributed by atoms with E-state index < -0.39 is 45.3 Å². The summed E-state index contributed by atoms with van der Waals surface area (Å²) < 4.78 is 57.1. The number of fused-ring (bicyclic) bond motifs is 1. The van der Waals surface area contributed by atoms with Gasteiger partial charge in [0, 0.05) is 23.2 Å². The molecule has 0 spiro atoms. The summed E-state index contributed by atoms with van der Waals surface area (Å²) in [5.74, 6) is -4.27. The van der Waals surface area contributed by atoms with Gasteiger partial charge in [0.2, 0.25) is 11.2 Å². The van der Waals surface area contributed by atoms with Crippen LogP contribution in [0.3, 0.4) is 0 Å². The van der Waals surface area contributed by atoms with Crippen LogP contribution in [0.25, 0.3) is 11.0 Å². The first kappa shape index (κ1) is 27.0. The Kier molecular flexibility index (Phi) is 7.09. The van der Waals surface area contributed by atoms with Gasteiger partial charge in [-0.25, -0.2) is 4.79 Å². The van der Waals surface area contributed by atoms with Crippen molar-refractivity contribution in [2.75, 3.05) is 0 Å². The molecule has 0 N–H and O–H groups in total. The van der Waals surface area contributed by atoms with Crippen LogP contribution in [-0.2, 0) is 6.18 Å². The van der Waals surface area contributed by atoms with E-state index in [1.54, 1.807) is 13.8 Å². The SMILES string of the molecule is Cc1cc(Oc2c(C(F)(F)F)oc3cc(OC(=O)c4cc([N+](=O)[O-])ccc4Cl)ccc3c2=O)cc(C)c1Cl. The van der Waals surface area contributed by atoms with E-state index in [9.17, 15) is 32.9 Å². The highest BCUT2D eigenvalue weighted by molar-refractivity contribution is 6.33. The molecule has 1 aromatic heterocycles. The second-order valence-corrected chi connectivity index (χ2v) is 8.81. The van der Waals surface area contributed by atoms with E-state index in [4.69, 9.17) is 37.1 Å². The molecule has 8 nitrogen and oxygen atoms in total. The molecule has 0 aliphatic carbocycles. The van der Waals surface area contributed by atoms with Crippen molar-refractivity contribution in [2.24, 2.45) is 0 Å². The molecule has 1 heterocycles. The Bertz CT molecular complexity index is 1660. The minimum absolute atomic E-state index is 0.0547. The van der Waals surface area contributed by atoms with E-state index in [1.807, 2.05) is 0 Å². The number of nitrogens with zero attached hydrogens (tertiary/aromatic N) is 1. The summed E-state index contributed by atoms with van der Waals surface area (Å²) in [7, 11) is 0. The van der Waals surface area contributed by atoms with Crippen molar-refractivity contribution in [3.05, 3.63) is 101 Å². The second-order valence-electron chi connectivity index (χ2n) is 8.03. The van der Waals surface area contributed by atoms with Crippen LogP contribution in [0.2, 0.25) is 10.0 Å². The van der Waals surface area contributed by atoms with Gasteiger partial charge in [0.15, 0.2) is 0 Å². The highest BCUT2D eigenvalue weighted by Crippen LogP contribution is 2.39. The van der Waals surface area contributed by atoms with Gasteiger partial charge in [0.25, 0.3) is 11.4 Å². The molecule has 0 unspecified atom stereocenters. The van der Waals surface area contributed by atoms with Crippen LogP contribution in [0.15, 0.2) is 57.7 Å². The number of aryl methyl sites for hydroxylation is 2. The van der Waals surface area contributed by atoms with Crippen LogP contribution in [0.4, 0.5) is 18.9 Å². The number of carbonyl (C=O) groups is 1. The van der Waals surface area contributed by atoms with Crippen LogP contribution in [-0.4, -0.2) is 10.9 Å². The van der Waals surface area contributed by atoms with Crippen LogP contribution >= 0.6 is 23.2 Å². The molecular weight excluding hydrogens is 554 g/mol. The number of alkyl halides is 3. The average Bonchev–Trinajstić information content (AvgIpc) is 2.83. The van der Waals surface area contributed by atoms with Crippen LogP contribution < -0.4 is 14.9 Å². The van der Waals surface area contributed by atoms with E-state index in [-0.39, 0.29) is 27.5 Å². The van der Waals surface area contributed by atoms with Gasteiger partial charge in [-0.15, -0.1) is 0 Å². The number of carbonyl (C=O) groups excluding carboxylic acids is 1. The average molecular weight is 568 g/mol. The molecule has 0 radical (unpaired) electrons. The number of nitro groups is 1. The van der Waals surface area contributed by atoms with Crippen LogP contribution in [0, 0.1) is 24.0 Å². The summed E-state index contributed by atoms with van der Waals surface area (Å²) in [5.41, 5.74) is -1.40. The molecule has 0 bridgehead atoms. The third kappa shape index (κ3) is 5.29. The molecule has 0 atom stereocenters. The normalized spacial score (nSPS) is 11.4. The number of nitro benzene ring substituents is 1. The maximum absolute atomic E-state index is 13.9. The third-order valence-corrected chi connectivity index (χ3v) is 6.23. The van der Waals surface area contributed by atoms with Crippen molar-refractivity contribution in [3.8, 4) is 17.2 Å². The summed E-state index contributed by atoms with van der Waals surface area (Å²) in [6.07, 6.45) is -5.12. The van der Waals surface area contributed by atoms with Crippen LogP contribution in [0.1, 0.15) is 27.2 Å². The molecule has 4 rings (SSSR count). The van der Waals surface area contributed by atoms with E-state index in [1.165, 1.54) is 12.1 Å². The third-order valence-electron chi connectivity index (χ3n) is 5.30. The predicted octanol–water partition coefficient (Wildman–Crippen LogP) is 7.66. The number of benzene rings is 3. The minimum atomic E-state index is -5.12. The number of hydrogen-bond donors (Lipinski definition) is 0. The Morgan fingerprint density at radius 3 is 2.26 bits per heavy atom. The molecule has 0 saturated heterocycles. The molecule has 0 amide bonds. The van der Waals surface area contributed by atoms with Crippen molar-refractivity contribution >= 4 is 45.8 Å². The zero-order chi connectivity index (χ0) is 27.9. The van der Waals surface area contributed by atoms with Gasteiger partial charge < -0.3 is 13.9 Å². The fourth-order valence-corrected chi connectivity index (χ4v) is 3.83. The van der Waals surface area contributed by atoms with Gasteiger partial charge in [0.05, 0.1) is 20.9 Å². The van der Waals surface area contributed by atoms with Gasteiger partial charge in [-0.2, -0.15) is 13.2 Å². The number of hydrogen-bond acceptors (Lipinski definition) is 7. The minimum Gasteiger partial charge on any atom is -0.449 e. The maximum atomic E-state index is 13.9. The molecule has 4 aromatic rings. The molecule has 13 heteroatoms. The van der Waals surface area contributed by atoms with Crippen molar-refractivity contribution in [3.63, 3.8) is 0 Å². The smallest absolute Gasteiger partial charge is 0.449 e. The first-order chi connectivity index (χ1) is 17.8. The van der Waals surface area contributed by atoms with Gasteiger partial charge in [0.1, 0.15) is 17.1 Å². The highest BCUT2D eigenvalue weighted by Gasteiger charge is 2.40. The first-order valence-electron chi connectivity index (χ1n) is 10.5. The number of halogens is 5. The van der Waals surface area contributed by atoms with Crippen molar-refractivity contribution in [2.45, 2.75) is 20.0 Å². The molecule has 0 fully saturated rings. The molecular formula is C25H14Cl2F3NO7. The molecule has 0 saturated carbocycles. The highest BCUT2D eigenvalue weighted by atomic mass is 35.5. The summed E-state index contributed by atoms with van der Waals surface area (Å²) >= 11 is 12.0. The molecule has 0 aliphatic rings. The zero-order valence-corrected chi connectivity index (χ0v) is 20.8. The number of non-ortho nitro benzene ring substituents is 1. The van der Waals surface area contributed by atoms with Crippen molar-refractivity contribution in [1.29, 1.82) is 0 Å². The predicted molar refractivity (Wildman–Crippen MR) is 132 cm³/mol. The van der Waals surface area contributed by atoms with Gasteiger partial charge in [-0.1, -0.05) is 23.2 Å². The fraction of sp³-hybridized carbons (Fsp3) is 0.120. The van der Waals surface area contributed by atoms with E-state index in [0.717, 1.165) is 36.4 Å². The Hall–Kier alpha value is -4.09. The summed E-state index contributed by atoms with van der Waals surface area (Å²) in [6.45, 7) is 3.25. The standard InChI is InChI=1S/C25H14Cl2F3NO7/c1-11-7-15(8-12(2)20(11)27)36-22-21(32)16-5-4-14(10-19(16)38-23(22)25(28,29)30)37-24(33)17-9-13(31(34)35)3-6-18(17)26/h3-10H,1-2H3. The Morgan fingerprint density at radius 2 is 1.66 bits per heavy atom. The van der Waals surface area contributed by atoms with Gasteiger partial charge in [-0.05, 0) is 55.3 Å². The quantitative estimate of drug-likeness (QED) is 0.105. The Morgan fingerprint density at radius 1 is 1.00 bits per heavy atom. The Balaban J connectivity index is 1.76. The lowest BCUT2D eigenvalue weighted by molar-refractivity contribution is -0.384. The zero-order valence-electron chi connectivity index (χ0n) is 19.3. The second kappa shape index (κ2) is 9.99. The number of ether oxygens (including phenoxy) is 2. The van der Waals surface area contributed by atoms with Crippen LogP contribution in [0.5, 0.6) is 17.2 Å².